The minimum absolute atomic E-state index is 0.276. The van der Waals surface area contributed by atoms with Crippen molar-refractivity contribution in [2.45, 2.75) is 13.8 Å². The number of halogens is 1. The van der Waals surface area contributed by atoms with Crippen molar-refractivity contribution in [1.29, 1.82) is 0 Å². The largest absolute Gasteiger partial charge is 0.463 e. The van der Waals surface area contributed by atoms with Crippen molar-refractivity contribution in [2.24, 2.45) is 0 Å². The highest BCUT2D eigenvalue weighted by Crippen LogP contribution is 2.22. The van der Waals surface area contributed by atoms with Crippen molar-refractivity contribution in [3.05, 3.63) is 40.9 Å². The summed E-state index contributed by atoms with van der Waals surface area (Å²) in [5.41, 5.74) is 1.39. The maximum absolute atomic E-state index is 11.5. The predicted octanol–water partition coefficient (Wildman–Crippen LogP) is 2.71. The van der Waals surface area contributed by atoms with Crippen molar-refractivity contribution < 1.29 is 14.3 Å². The summed E-state index contributed by atoms with van der Waals surface area (Å²) in [6, 6.07) is 5.21. The highest BCUT2D eigenvalue weighted by Gasteiger charge is 2.04. The monoisotopic (exact) mass is 267 g/mol. The summed E-state index contributed by atoms with van der Waals surface area (Å²) in [4.78, 5) is 22.5. The predicted molar refractivity (Wildman–Crippen MR) is 70.6 cm³/mol. The molecule has 4 nitrogen and oxygen atoms in total. The van der Waals surface area contributed by atoms with Gasteiger partial charge in [0.2, 0.25) is 5.91 Å². The topological polar surface area (TPSA) is 55.4 Å². The van der Waals surface area contributed by atoms with Crippen molar-refractivity contribution in [3.8, 4) is 0 Å². The lowest BCUT2D eigenvalue weighted by Gasteiger charge is -2.07. The van der Waals surface area contributed by atoms with E-state index in [1.54, 1.807) is 32.0 Å². The molecule has 0 atom stereocenters. The minimum Gasteiger partial charge on any atom is -0.463 e. The molecule has 1 N–H and O–H groups in total. The van der Waals surface area contributed by atoms with Gasteiger partial charge < -0.3 is 10.1 Å². The molecule has 0 spiro atoms. The normalized spacial score (nSPS) is 10.4. The van der Waals surface area contributed by atoms with Crippen molar-refractivity contribution in [2.75, 3.05) is 11.9 Å². The first-order valence-electron chi connectivity index (χ1n) is 5.45. The minimum atomic E-state index is -0.546. The quantitative estimate of drug-likeness (QED) is 0.674. The molecule has 0 heterocycles. The Morgan fingerprint density at radius 2 is 2.11 bits per heavy atom. The molecular formula is C13H14ClNO3. The van der Waals surface area contributed by atoms with Crippen LogP contribution in [-0.2, 0) is 14.3 Å². The number of carbonyl (C=O) groups is 2. The Kier molecular flexibility index (Phi) is 5.39. The van der Waals surface area contributed by atoms with Crippen LogP contribution in [0.5, 0.6) is 0 Å². The second-order valence-electron chi connectivity index (χ2n) is 3.49. The van der Waals surface area contributed by atoms with Crippen LogP contribution in [0, 0.1) is 6.92 Å². The van der Waals surface area contributed by atoms with E-state index in [1.165, 1.54) is 0 Å². The second-order valence-corrected chi connectivity index (χ2v) is 3.89. The lowest BCUT2D eigenvalue weighted by Crippen LogP contribution is -2.10. The molecule has 0 radical (unpaired) electrons. The summed E-state index contributed by atoms with van der Waals surface area (Å²) in [6.45, 7) is 3.77. The van der Waals surface area contributed by atoms with Gasteiger partial charge in [-0.2, -0.15) is 0 Å². The zero-order chi connectivity index (χ0) is 13.5. The van der Waals surface area contributed by atoms with Gasteiger partial charge in [0.05, 0.1) is 6.61 Å². The third kappa shape index (κ3) is 4.22. The number of ether oxygens (including phenoxy) is 1. The zero-order valence-electron chi connectivity index (χ0n) is 10.2. The molecule has 96 valence electrons. The Bertz CT molecular complexity index is 483. The average Bonchev–Trinajstić information content (AvgIpc) is 2.33. The summed E-state index contributed by atoms with van der Waals surface area (Å²) < 4.78 is 4.66. The van der Waals surface area contributed by atoms with Gasteiger partial charge in [0.1, 0.15) is 0 Å². The number of rotatable bonds is 4. The number of benzene rings is 1. The van der Waals surface area contributed by atoms with Crippen LogP contribution >= 0.6 is 11.6 Å². The van der Waals surface area contributed by atoms with E-state index in [0.717, 1.165) is 17.7 Å². The molecule has 1 amide bonds. The first kappa shape index (κ1) is 14.3. The Morgan fingerprint density at radius 1 is 1.39 bits per heavy atom. The summed E-state index contributed by atoms with van der Waals surface area (Å²) in [6.07, 6.45) is 2.21. The highest BCUT2D eigenvalue weighted by molar-refractivity contribution is 6.31. The Labute approximate surface area is 111 Å². The lowest BCUT2D eigenvalue weighted by molar-refractivity contribution is -0.137. The van der Waals surface area contributed by atoms with Crippen LogP contribution in [0.4, 0.5) is 5.69 Å². The molecule has 0 aliphatic heterocycles. The third-order valence-electron chi connectivity index (χ3n) is 2.18. The van der Waals surface area contributed by atoms with Gasteiger partial charge in [0.15, 0.2) is 0 Å². The van der Waals surface area contributed by atoms with Crippen LogP contribution in [-0.4, -0.2) is 18.5 Å². The van der Waals surface area contributed by atoms with E-state index in [4.69, 9.17) is 11.6 Å². The summed E-state index contributed by atoms with van der Waals surface area (Å²) in [7, 11) is 0. The molecule has 1 aromatic rings. The van der Waals surface area contributed by atoms with Crippen LogP contribution in [0.25, 0.3) is 0 Å². The fourth-order valence-electron chi connectivity index (χ4n) is 1.25. The van der Waals surface area contributed by atoms with Gasteiger partial charge in [0.25, 0.3) is 0 Å². The molecule has 0 saturated carbocycles. The molecule has 0 aromatic heterocycles. The smallest absolute Gasteiger partial charge is 0.330 e. The molecule has 0 unspecified atom stereocenters. The van der Waals surface area contributed by atoms with Gasteiger partial charge >= 0.3 is 5.97 Å². The van der Waals surface area contributed by atoms with E-state index in [1.807, 2.05) is 0 Å². The number of carbonyl (C=O) groups excluding carboxylic acids is 2. The van der Waals surface area contributed by atoms with Crippen LogP contribution in [0.3, 0.4) is 0 Å². The summed E-state index contributed by atoms with van der Waals surface area (Å²) in [5, 5.41) is 3.20. The fraction of sp³-hybridized carbons (Fsp3) is 0.231. The second kappa shape index (κ2) is 6.81. The van der Waals surface area contributed by atoms with Gasteiger partial charge in [0, 0.05) is 22.9 Å². The van der Waals surface area contributed by atoms with Gasteiger partial charge in [-0.3, -0.25) is 4.79 Å². The zero-order valence-corrected chi connectivity index (χ0v) is 11.0. The number of anilines is 1. The maximum atomic E-state index is 11.5. The van der Waals surface area contributed by atoms with Crippen LogP contribution in [0.15, 0.2) is 30.4 Å². The fourth-order valence-corrected chi connectivity index (χ4v) is 1.43. The molecule has 1 aromatic carbocycles. The third-order valence-corrected chi connectivity index (χ3v) is 2.59. The van der Waals surface area contributed by atoms with Gasteiger partial charge in [-0.1, -0.05) is 17.7 Å². The van der Waals surface area contributed by atoms with Crippen molar-refractivity contribution in [3.63, 3.8) is 0 Å². The molecule has 0 aliphatic rings. The van der Waals surface area contributed by atoms with Crippen LogP contribution in [0.1, 0.15) is 12.5 Å². The number of amides is 1. The summed E-state index contributed by atoms with van der Waals surface area (Å²) in [5.74, 6) is -0.955. The van der Waals surface area contributed by atoms with E-state index in [0.29, 0.717) is 10.7 Å². The lowest BCUT2D eigenvalue weighted by atomic mass is 10.2. The van der Waals surface area contributed by atoms with Crippen molar-refractivity contribution >= 4 is 29.2 Å². The number of nitrogens with one attached hydrogen (secondary N) is 1. The molecule has 18 heavy (non-hydrogen) atoms. The number of hydrogen-bond acceptors (Lipinski definition) is 3. The average molecular weight is 268 g/mol. The molecule has 0 saturated heterocycles. The van der Waals surface area contributed by atoms with E-state index >= 15 is 0 Å². The molecule has 5 heteroatoms. The molecule has 0 aliphatic carbocycles. The van der Waals surface area contributed by atoms with Gasteiger partial charge in [-0.25, -0.2) is 4.79 Å². The van der Waals surface area contributed by atoms with E-state index in [9.17, 15) is 9.59 Å². The summed E-state index contributed by atoms with van der Waals surface area (Å²) >= 11 is 5.92. The number of hydrogen-bond donors (Lipinski definition) is 1. The molecular weight excluding hydrogens is 254 g/mol. The van der Waals surface area contributed by atoms with E-state index in [-0.39, 0.29) is 6.61 Å². The Balaban J connectivity index is 2.65. The highest BCUT2D eigenvalue weighted by atomic mass is 35.5. The van der Waals surface area contributed by atoms with Crippen LogP contribution in [0.2, 0.25) is 5.02 Å². The van der Waals surface area contributed by atoms with E-state index in [2.05, 4.69) is 10.1 Å². The van der Waals surface area contributed by atoms with E-state index < -0.39 is 11.9 Å². The molecule has 1 rings (SSSR count). The van der Waals surface area contributed by atoms with Crippen molar-refractivity contribution in [1.82, 2.24) is 0 Å². The maximum Gasteiger partial charge on any atom is 0.330 e. The Morgan fingerprint density at radius 3 is 2.78 bits per heavy atom. The first-order chi connectivity index (χ1) is 8.54. The van der Waals surface area contributed by atoms with Gasteiger partial charge in [-0.05, 0) is 31.5 Å². The molecule has 0 fully saturated rings. The first-order valence-corrected chi connectivity index (χ1v) is 5.83. The SMILES string of the molecule is CCOC(=O)/C=C\C(=O)Nc1cccc(Cl)c1C. The number of esters is 1. The molecule has 0 bridgehead atoms. The van der Waals surface area contributed by atoms with Crippen LogP contribution < -0.4 is 5.32 Å². The standard InChI is InChI=1S/C13H14ClNO3/c1-3-18-13(17)8-7-12(16)15-11-6-4-5-10(14)9(11)2/h4-8H,3H2,1-2H3,(H,15,16)/b8-7-. The Hall–Kier alpha value is -1.81. The van der Waals surface area contributed by atoms with Gasteiger partial charge in [-0.15, -0.1) is 0 Å².